The van der Waals surface area contributed by atoms with Crippen LogP contribution in [0.5, 0.6) is 0 Å². The molecule has 6 nitrogen and oxygen atoms in total. The van der Waals surface area contributed by atoms with Crippen molar-refractivity contribution in [2.75, 3.05) is 35.7 Å². The lowest BCUT2D eigenvalue weighted by Gasteiger charge is -2.42. The van der Waals surface area contributed by atoms with Crippen LogP contribution in [-0.4, -0.2) is 50.3 Å². The van der Waals surface area contributed by atoms with Crippen LogP contribution in [0.2, 0.25) is 0 Å². The van der Waals surface area contributed by atoms with Crippen LogP contribution in [0, 0.1) is 0 Å². The van der Waals surface area contributed by atoms with Crippen molar-refractivity contribution in [1.82, 2.24) is 9.97 Å². The first-order valence-electron chi connectivity index (χ1n) is 11.8. The summed E-state index contributed by atoms with van der Waals surface area (Å²) in [4.78, 5) is 10.8. The molecule has 2 aliphatic heterocycles. The topological polar surface area (TPSA) is 78.4 Å². The normalized spacial score (nSPS) is 25.1. The monoisotopic (exact) mass is 474 g/mol. The van der Waals surface area contributed by atoms with E-state index < -0.39 is 33.7 Å². The first-order chi connectivity index (χ1) is 15.9. The molecule has 0 unspecified atom stereocenters. The third-order valence-electron chi connectivity index (χ3n) is 7.88. The van der Waals surface area contributed by atoms with E-state index >= 15 is 0 Å². The summed E-state index contributed by atoms with van der Waals surface area (Å²) in [5.41, 5.74) is 3.26. The predicted octanol–water partition coefficient (Wildman–Crippen LogP) is 3.50. The number of halogens is 2. The van der Waals surface area contributed by atoms with E-state index in [4.69, 9.17) is 0 Å². The summed E-state index contributed by atoms with van der Waals surface area (Å²) in [5, 5.41) is 13.1. The Bertz CT molecular complexity index is 1120. The second kappa shape index (κ2) is 7.70. The van der Waals surface area contributed by atoms with E-state index in [0.717, 1.165) is 38.5 Å². The number of anilines is 2. The van der Waals surface area contributed by atoms with Gasteiger partial charge in [0.2, 0.25) is 5.95 Å². The van der Waals surface area contributed by atoms with Gasteiger partial charge >= 0.3 is 5.92 Å². The average molecular weight is 475 g/mol. The molecule has 0 radical (unpaired) electrons. The Hall–Kier alpha value is -2.13. The molecule has 2 aliphatic carbocycles. The number of hydrogen-bond donors (Lipinski definition) is 2. The fourth-order valence-corrected chi connectivity index (χ4v) is 6.83. The zero-order valence-electron chi connectivity index (χ0n) is 18.4. The van der Waals surface area contributed by atoms with Crippen LogP contribution in [0.15, 0.2) is 23.1 Å². The molecule has 2 aromatic rings. The number of aromatic nitrogens is 2. The van der Waals surface area contributed by atoms with E-state index in [9.17, 15) is 18.1 Å². The molecule has 0 bridgehead atoms. The van der Waals surface area contributed by atoms with Crippen molar-refractivity contribution in [3.8, 4) is 0 Å². The first-order valence-corrected chi connectivity index (χ1v) is 13.1. The summed E-state index contributed by atoms with van der Waals surface area (Å²) in [5.74, 6) is -3.10. The van der Waals surface area contributed by atoms with E-state index in [0.29, 0.717) is 19.0 Å². The minimum absolute atomic E-state index is 0.000404. The Morgan fingerprint density at radius 2 is 1.91 bits per heavy atom. The van der Waals surface area contributed by atoms with E-state index in [1.807, 2.05) is 4.90 Å². The molecule has 4 aliphatic rings. The van der Waals surface area contributed by atoms with Crippen LogP contribution in [0.1, 0.15) is 60.4 Å². The van der Waals surface area contributed by atoms with Gasteiger partial charge in [0.05, 0.1) is 28.7 Å². The Labute approximate surface area is 194 Å². The molecule has 1 saturated carbocycles. The van der Waals surface area contributed by atoms with Crippen LogP contribution in [-0.2, 0) is 29.6 Å². The number of rotatable bonds is 5. The van der Waals surface area contributed by atoms with Crippen LogP contribution in [0.3, 0.4) is 0 Å². The number of aliphatic hydroxyl groups excluding tert-OH is 1. The maximum Gasteiger partial charge on any atom is 0.302 e. The summed E-state index contributed by atoms with van der Waals surface area (Å²) >= 11 is 0. The van der Waals surface area contributed by atoms with Crippen molar-refractivity contribution in [3.63, 3.8) is 0 Å². The quantitative estimate of drug-likeness (QED) is 0.691. The van der Waals surface area contributed by atoms with Gasteiger partial charge in [-0.1, -0.05) is 18.2 Å². The SMILES string of the molecule is O=[S@]1CC(F)(F)c2nc(N3CCC(c4ccc5c(c4)CC5)CC3)nc(NC3(CO)CCC3)c21. The van der Waals surface area contributed by atoms with E-state index in [-0.39, 0.29) is 23.3 Å². The lowest BCUT2D eigenvalue weighted by atomic mass is 9.77. The van der Waals surface area contributed by atoms with E-state index in [1.165, 1.54) is 23.1 Å². The lowest BCUT2D eigenvalue weighted by molar-refractivity contribution is 0.0191. The fourth-order valence-electron chi connectivity index (χ4n) is 5.49. The zero-order valence-corrected chi connectivity index (χ0v) is 19.3. The second-order valence-electron chi connectivity index (χ2n) is 9.95. The number of aliphatic hydroxyl groups is 1. The molecule has 176 valence electrons. The van der Waals surface area contributed by atoms with Gasteiger partial charge < -0.3 is 15.3 Å². The van der Waals surface area contributed by atoms with Gasteiger partial charge in [-0.3, -0.25) is 4.21 Å². The van der Waals surface area contributed by atoms with Crippen molar-refractivity contribution in [2.24, 2.45) is 0 Å². The standard InChI is InChI=1S/C24H28F2N4O2S/c25-24(26)14-33(32)19-20(24)27-22(28-21(19)29-23(13-31)8-1-9-23)30-10-6-16(7-11-30)18-5-3-15-2-4-17(15)12-18/h3,5,12,16,31H,1-2,4,6-11,13-14H2,(H,27,28,29)/t33-/m0/s1. The highest BCUT2D eigenvalue weighted by molar-refractivity contribution is 7.85. The minimum atomic E-state index is -3.25. The third kappa shape index (κ3) is 3.55. The first kappa shape index (κ1) is 21.4. The van der Waals surface area contributed by atoms with Crippen molar-refractivity contribution in [1.29, 1.82) is 0 Å². The van der Waals surface area contributed by atoms with E-state index in [1.54, 1.807) is 0 Å². The summed E-state index contributed by atoms with van der Waals surface area (Å²) in [7, 11) is -1.87. The maximum atomic E-state index is 14.7. The van der Waals surface area contributed by atoms with Gasteiger partial charge in [0, 0.05) is 13.1 Å². The summed E-state index contributed by atoms with van der Waals surface area (Å²) in [6, 6.07) is 6.80. The van der Waals surface area contributed by atoms with E-state index in [2.05, 4.69) is 33.5 Å². The highest BCUT2D eigenvalue weighted by atomic mass is 32.2. The summed E-state index contributed by atoms with van der Waals surface area (Å²) in [6.45, 7) is 1.25. The largest absolute Gasteiger partial charge is 0.394 e. The van der Waals surface area contributed by atoms with Crippen LogP contribution >= 0.6 is 0 Å². The molecule has 6 rings (SSSR count). The average Bonchev–Trinajstić information content (AvgIpc) is 3.00. The van der Waals surface area contributed by atoms with Crippen molar-refractivity contribution in [3.05, 3.63) is 40.6 Å². The molecule has 2 N–H and O–H groups in total. The highest BCUT2D eigenvalue weighted by Gasteiger charge is 2.49. The number of nitrogens with one attached hydrogen (secondary N) is 1. The number of benzene rings is 1. The number of piperidine rings is 1. The molecule has 1 atom stereocenters. The van der Waals surface area contributed by atoms with Gasteiger partial charge in [-0.25, -0.2) is 4.98 Å². The molecule has 1 saturated heterocycles. The molecule has 2 fully saturated rings. The van der Waals surface area contributed by atoms with Crippen molar-refractivity contribution >= 4 is 22.6 Å². The predicted molar refractivity (Wildman–Crippen MR) is 123 cm³/mol. The molecular weight excluding hydrogens is 446 g/mol. The summed E-state index contributed by atoms with van der Waals surface area (Å²) in [6.07, 6.45) is 6.55. The molecule has 1 aromatic carbocycles. The van der Waals surface area contributed by atoms with Crippen molar-refractivity contribution < 1.29 is 18.1 Å². The van der Waals surface area contributed by atoms with Gasteiger partial charge in [-0.15, -0.1) is 0 Å². The highest BCUT2D eigenvalue weighted by Crippen LogP contribution is 2.45. The Morgan fingerprint density at radius 3 is 2.52 bits per heavy atom. The molecular formula is C24H28F2N4O2S. The van der Waals surface area contributed by atoms with Crippen LogP contribution in [0.25, 0.3) is 0 Å². The number of nitrogens with zero attached hydrogens (tertiary/aromatic N) is 3. The molecule has 0 amide bonds. The lowest BCUT2D eigenvalue weighted by Crippen LogP contribution is -2.49. The minimum Gasteiger partial charge on any atom is -0.394 e. The van der Waals surface area contributed by atoms with Crippen molar-refractivity contribution in [2.45, 2.75) is 67.2 Å². The number of aryl methyl sites for hydroxylation is 2. The summed E-state index contributed by atoms with van der Waals surface area (Å²) < 4.78 is 42.0. The van der Waals surface area contributed by atoms with Gasteiger partial charge in [0.1, 0.15) is 16.4 Å². The number of fused-ring (bicyclic) bond motifs is 2. The van der Waals surface area contributed by atoms with Crippen LogP contribution < -0.4 is 10.2 Å². The Balaban J connectivity index is 1.27. The molecule has 3 heterocycles. The Morgan fingerprint density at radius 1 is 1.15 bits per heavy atom. The third-order valence-corrected chi connectivity index (χ3v) is 9.35. The van der Waals surface area contributed by atoms with Crippen LogP contribution in [0.4, 0.5) is 20.5 Å². The van der Waals surface area contributed by atoms with Gasteiger partial charge in [0.15, 0.2) is 0 Å². The smallest absolute Gasteiger partial charge is 0.302 e. The molecule has 1 aromatic heterocycles. The second-order valence-corrected chi connectivity index (χ2v) is 11.3. The molecule has 0 spiro atoms. The Kier molecular flexibility index (Phi) is 4.99. The number of alkyl halides is 2. The number of hydrogen-bond acceptors (Lipinski definition) is 6. The zero-order chi connectivity index (χ0) is 22.8. The maximum absolute atomic E-state index is 14.7. The van der Waals surface area contributed by atoms with Gasteiger partial charge in [-0.2, -0.15) is 13.8 Å². The fraction of sp³-hybridized carbons (Fsp3) is 0.583. The molecule has 9 heteroatoms. The van der Waals surface area contributed by atoms with Gasteiger partial charge in [-0.05, 0) is 67.6 Å². The van der Waals surface area contributed by atoms with Gasteiger partial charge in [0.25, 0.3) is 0 Å². The molecule has 33 heavy (non-hydrogen) atoms.